The monoisotopic (exact) mass is 204 g/mol. The summed E-state index contributed by atoms with van der Waals surface area (Å²) in [5.74, 6) is 0.986. The summed E-state index contributed by atoms with van der Waals surface area (Å²) in [6.07, 6.45) is 1.09. The predicted molar refractivity (Wildman–Crippen MR) is 65.8 cm³/mol. The lowest BCUT2D eigenvalue weighted by Gasteiger charge is -2.13. The molecular weight excluding hydrogens is 184 g/mol. The minimum Gasteiger partial charge on any atom is -0.508 e. The van der Waals surface area contributed by atoms with E-state index < -0.39 is 0 Å². The first-order valence-electron chi connectivity index (χ1n) is 5.46. The zero-order valence-electron chi connectivity index (χ0n) is 10.0. The van der Waals surface area contributed by atoms with Gasteiger partial charge in [0, 0.05) is 0 Å². The van der Waals surface area contributed by atoms with E-state index in [0.29, 0.717) is 11.7 Å². The third-order valence-electron chi connectivity index (χ3n) is 2.43. The van der Waals surface area contributed by atoms with Gasteiger partial charge >= 0.3 is 0 Å². The molecule has 1 aromatic rings. The van der Waals surface area contributed by atoms with Crippen LogP contribution in [0.2, 0.25) is 0 Å². The normalized spacial score (nSPS) is 10.5. The van der Waals surface area contributed by atoms with E-state index in [1.54, 1.807) is 12.1 Å². The number of phenolic OH excluding ortho intramolecular Hbond substituents is 1. The third kappa shape index (κ3) is 3.43. The second kappa shape index (κ2) is 5.01. The van der Waals surface area contributed by atoms with Crippen LogP contribution in [0.15, 0.2) is 29.8 Å². The highest BCUT2D eigenvalue weighted by molar-refractivity contribution is 5.68. The van der Waals surface area contributed by atoms with Gasteiger partial charge in [0.25, 0.3) is 0 Å². The van der Waals surface area contributed by atoms with E-state index in [1.165, 1.54) is 16.7 Å². The smallest absolute Gasteiger partial charge is 0.115 e. The summed E-state index contributed by atoms with van der Waals surface area (Å²) in [4.78, 5) is 0. The predicted octanol–water partition coefficient (Wildman–Crippen LogP) is 4.23. The third-order valence-corrected chi connectivity index (χ3v) is 2.43. The summed E-state index contributed by atoms with van der Waals surface area (Å²) in [5.41, 5.74) is 3.97. The fourth-order valence-electron chi connectivity index (χ4n) is 1.68. The van der Waals surface area contributed by atoms with Crippen molar-refractivity contribution in [2.24, 2.45) is 5.92 Å². The highest BCUT2D eigenvalue weighted by Crippen LogP contribution is 2.27. The van der Waals surface area contributed by atoms with Gasteiger partial charge in [-0.1, -0.05) is 31.6 Å². The van der Waals surface area contributed by atoms with Crippen LogP contribution in [-0.4, -0.2) is 5.11 Å². The second-order valence-electron chi connectivity index (χ2n) is 4.62. The number of phenols is 1. The molecule has 1 aromatic carbocycles. The molecule has 0 unspecified atom stereocenters. The van der Waals surface area contributed by atoms with Crippen LogP contribution < -0.4 is 0 Å². The van der Waals surface area contributed by atoms with Crippen molar-refractivity contribution < 1.29 is 5.11 Å². The average molecular weight is 204 g/mol. The molecule has 0 amide bonds. The number of allylic oxidation sites excluding steroid dienone is 2. The van der Waals surface area contributed by atoms with Gasteiger partial charge in [0.05, 0.1) is 0 Å². The summed E-state index contributed by atoms with van der Waals surface area (Å²) >= 11 is 0. The first-order chi connectivity index (χ1) is 7.00. The molecule has 1 N–H and O–H groups in total. The maximum atomic E-state index is 9.24. The van der Waals surface area contributed by atoms with Crippen LogP contribution in [0.3, 0.4) is 0 Å². The van der Waals surface area contributed by atoms with Gasteiger partial charge < -0.3 is 5.11 Å². The Bertz CT molecular complexity index is 340. The van der Waals surface area contributed by atoms with Crippen molar-refractivity contribution in [3.8, 4) is 5.75 Å². The fourth-order valence-corrected chi connectivity index (χ4v) is 1.68. The lowest BCUT2D eigenvalue weighted by atomic mass is 9.93. The fraction of sp³-hybridized carbons (Fsp3) is 0.429. The Morgan fingerprint density at radius 1 is 1.13 bits per heavy atom. The molecule has 0 aliphatic heterocycles. The molecule has 15 heavy (non-hydrogen) atoms. The van der Waals surface area contributed by atoms with E-state index in [-0.39, 0.29) is 0 Å². The van der Waals surface area contributed by atoms with E-state index in [1.807, 2.05) is 12.1 Å². The van der Waals surface area contributed by atoms with Crippen molar-refractivity contribution in [3.05, 3.63) is 35.4 Å². The minimum absolute atomic E-state index is 0.330. The summed E-state index contributed by atoms with van der Waals surface area (Å²) in [6, 6.07) is 7.47. The summed E-state index contributed by atoms with van der Waals surface area (Å²) < 4.78 is 0. The van der Waals surface area contributed by atoms with Gasteiger partial charge in [0.15, 0.2) is 0 Å². The Kier molecular flexibility index (Phi) is 3.96. The Morgan fingerprint density at radius 2 is 1.67 bits per heavy atom. The van der Waals surface area contributed by atoms with E-state index in [9.17, 15) is 5.11 Å². The molecule has 0 aliphatic carbocycles. The zero-order valence-corrected chi connectivity index (χ0v) is 10.0. The number of hydrogen-bond donors (Lipinski definition) is 1. The molecule has 0 radical (unpaired) electrons. The van der Waals surface area contributed by atoms with Crippen molar-refractivity contribution in [1.29, 1.82) is 0 Å². The van der Waals surface area contributed by atoms with Crippen LogP contribution in [0, 0.1) is 5.92 Å². The number of hydrogen-bond acceptors (Lipinski definition) is 1. The van der Waals surface area contributed by atoms with E-state index in [2.05, 4.69) is 27.7 Å². The van der Waals surface area contributed by atoms with Crippen LogP contribution in [0.25, 0.3) is 5.57 Å². The molecule has 0 saturated heterocycles. The Labute approximate surface area is 92.5 Å². The van der Waals surface area contributed by atoms with Crippen LogP contribution in [0.1, 0.15) is 39.7 Å². The summed E-state index contributed by atoms with van der Waals surface area (Å²) in [7, 11) is 0. The van der Waals surface area contributed by atoms with E-state index >= 15 is 0 Å². The topological polar surface area (TPSA) is 20.2 Å². The zero-order chi connectivity index (χ0) is 11.4. The average Bonchev–Trinajstić information content (AvgIpc) is 2.15. The van der Waals surface area contributed by atoms with Crippen molar-refractivity contribution in [2.45, 2.75) is 34.1 Å². The van der Waals surface area contributed by atoms with Gasteiger partial charge in [-0.15, -0.1) is 0 Å². The van der Waals surface area contributed by atoms with Crippen LogP contribution in [0.4, 0.5) is 0 Å². The van der Waals surface area contributed by atoms with E-state index in [4.69, 9.17) is 0 Å². The molecule has 0 aromatic heterocycles. The lowest BCUT2D eigenvalue weighted by Crippen LogP contribution is -1.93. The van der Waals surface area contributed by atoms with Gasteiger partial charge in [0.1, 0.15) is 5.75 Å². The lowest BCUT2D eigenvalue weighted by molar-refractivity contribution is 0.475. The molecule has 0 atom stereocenters. The van der Waals surface area contributed by atoms with Crippen molar-refractivity contribution in [1.82, 2.24) is 0 Å². The second-order valence-corrected chi connectivity index (χ2v) is 4.62. The van der Waals surface area contributed by atoms with Crippen molar-refractivity contribution in [3.63, 3.8) is 0 Å². The van der Waals surface area contributed by atoms with Crippen molar-refractivity contribution >= 4 is 5.57 Å². The van der Waals surface area contributed by atoms with Gasteiger partial charge in [-0.2, -0.15) is 0 Å². The summed E-state index contributed by atoms with van der Waals surface area (Å²) in [6.45, 7) is 8.74. The molecule has 0 aliphatic rings. The number of rotatable bonds is 3. The highest BCUT2D eigenvalue weighted by atomic mass is 16.3. The van der Waals surface area contributed by atoms with Gasteiger partial charge in [-0.05, 0) is 49.5 Å². The van der Waals surface area contributed by atoms with E-state index in [0.717, 1.165) is 6.42 Å². The van der Waals surface area contributed by atoms with Gasteiger partial charge in [-0.25, -0.2) is 0 Å². The molecule has 0 heterocycles. The molecule has 0 saturated carbocycles. The number of benzene rings is 1. The van der Waals surface area contributed by atoms with Gasteiger partial charge in [-0.3, -0.25) is 0 Å². The van der Waals surface area contributed by atoms with Crippen LogP contribution in [-0.2, 0) is 0 Å². The molecule has 0 bridgehead atoms. The maximum Gasteiger partial charge on any atom is 0.115 e. The van der Waals surface area contributed by atoms with Crippen LogP contribution >= 0.6 is 0 Å². The quantitative estimate of drug-likeness (QED) is 0.781. The Balaban J connectivity index is 3.01. The summed E-state index contributed by atoms with van der Waals surface area (Å²) in [5, 5.41) is 9.24. The first-order valence-corrected chi connectivity index (χ1v) is 5.46. The highest BCUT2D eigenvalue weighted by Gasteiger charge is 2.06. The molecular formula is C14H20O. The van der Waals surface area contributed by atoms with Crippen molar-refractivity contribution in [2.75, 3.05) is 0 Å². The SMILES string of the molecule is CC(C)=C(CC(C)C)c1ccc(O)cc1. The molecule has 1 rings (SSSR count). The Morgan fingerprint density at radius 3 is 2.07 bits per heavy atom. The standard InChI is InChI=1S/C14H20O/c1-10(2)9-14(11(3)4)12-5-7-13(15)8-6-12/h5-8,10,15H,9H2,1-4H3. The Hall–Kier alpha value is -1.24. The maximum absolute atomic E-state index is 9.24. The van der Waals surface area contributed by atoms with Crippen LogP contribution in [0.5, 0.6) is 5.75 Å². The molecule has 1 heteroatoms. The molecule has 1 nitrogen and oxygen atoms in total. The molecule has 82 valence electrons. The molecule has 0 spiro atoms. The first kappa shape index (κ1) is 11.8. The largest absolute Gasteiger partial charge is 0.508 e. The minimum atomic E-state index is 0.330. The molecule has 0 fully saturated rings. The number of aromatic hydroxyl groups is 1. The van der Waals surface area contributed by atoms with Gasteiger partial charge in [0.2, 0.25) is 0 Å².